The zero-order valence-electron chi connectivity index (χ0n) is 17.0. The quantitative estimate of drug-likeness (QED) is 0.450. The summed E-state index contributed by atoms with van der Waals surface area (Å²) in [6, 6.07) is 9.28. The highest BCUT2D eigenvalue weighted by atomic mass is 16.3. The summed E-state index contributed by atoms with van der Waals surface area (Å²) in [5, 5.41) is 35.1. The van der Waals surface area contributed by atoms with Crippen molar-refractivity contribution in [2.45, 2.75) is 33.5 Å². The maximum Gasteiger partial charge on any atom is 0.227 e. The van der Waals surface area contributed by atoms with Gasteiger partial charge in [0.2, 0.25) is 5.95 Å². The fourth-order valence-electron chi connectivity index (χ4n) is 3.01. The number of aryl methyl sites for hydroxylation is 1. The lowest BCUT2D eigenvalue weighted by Crippen LogP contribution is -2.06. The Bertz CT molecular complexity index is 1080. The largest absolute Gasteiger partial charge is 0.392 e. The van der Waals surface area contributed by atoms with Gasteiger partial charge < -0.3 is 20.8 Å². The number of anilines is 3. The first-order valence-corrected chi connectivity index (χ1v) is 9.68. The van der Waals surface area contributed by atoms with Gasteiger partial charge in [-0.2, -0.15) is 5.26 Å². The molecule has 154 valence electrons. The van der Waals surface area contributed by atoms with E-state index >= 15 is 0 Å². The van der Waals surface area contributed by atoms with E-state index in [1.165, 1.54) is 0 Å². The maximum atomic E-state index is 9.82. The highest BCUT2D eigenvalue weighted by Gasteiger charge is 2.13. The molecule has 0 radical (unpaired) electrons. The molecular weight excluding hydrogens is 380 g/mol. The highest BCUT2D eigenvalue weighted by Crippen LogP contribution is 2.29. The van der Waals surface area contributed by atoms with E-state index in [0.717, 1.165) is 17.7 Å². The SMILES string of the molecule is CCCNc1c(C#N)cc(-c2ccnc(Nc3cc(CO)ncc3C)n2)cc1CO. The third kappa shape index (κ3) is 4.71. The Balaban J connectivity index is 1.97. The smallest absolute Gasteiger partial charge is 0.227 e. The molecule has 0 unspecified atom stereocenters. The minimum absolute atomic E-state index is 0.158. The molecule has 0 aliphatic heterocycles. The number of hydrogen-bond donors (Lipinski definition) is 4. The second-order valence-electron chi connectivity index (χ2n) is 6.79. The summed E-state index contributed by atoms with van der Waals surface area (Å²) in [5.41, 5.74) is 5.27. The second-order valence-corrected chi connectivity index (χ2v) is 6.79. The topological polar surface area (TPSA) is 127 Å². The van der Waals surface area contributed by atoms with Crippen LogP contribution >= 0.6 is 0 Å². The van der Waals surface area contributed by atoms with E-state index in [0.29, 0.717) is 46.3 Å². The van der Waals surface area contributed by atoms with Crippen molar-refractivity contribution >= 4 is 17.3 Å². The molecule has 3 rings (SSSR count). The van der Waals surface area contributed by atoms with E-state index in [1.54, 1.807) is 30.6 Å². The van der Waals surface area contributed by atoms with Gasteiger partial charge in [-0.1, -0.05) is 6.92 Å². The summed E-state index contributed by atoms with van der Waals surface area (Å²) in [5.74, 6) is 0.378. The van der Waals surface area contributed by atoms with Gasteiger partial charge in [-0.05, 0) is 43.2 Å². The third-order valence-corrected chi connectivity index (χ3v) is 4.58. The normalized spacial score (nSPS) is 10.5. The van der Waals surface area contributed by atoms with E-state index in [9.17, 15) is 15.5 Å². The van der Waals surface area contributed by atoms with Crippen LogP contribution in [0, 0.1) is 18.3 Å². The number of pyridine rings is 1. The molecule has 0 amide bonds. The molecule has 0 bridgehead atoms. The molecule has 0 saturated heterocycles. The first-order valence-electron chi connectivity index (χ1n) is 9.68. The van der Waals surface area contributed by atoms with Crippen molar-refractivity contribution in [1.29, 1.82) is 5.26 Å². The zero-order valence-corrected chi connectivity index (χ0v) is 17.0. The van der Waals surface area contributed by atoms with Crippen LogP contribution < -0.4 is 10.6 Å². The van der Waals surface area contributed by atoms with Crippen molar-refractivity contribution in [2.24, 2.45) is 0 Å². The molecule has 0 spiro atoms. The van der Waals surface area contributed by atoms with Crippen molar-refractivity contribution in [1.82, 2.24) is 15.0 Å². The maximum absolute atomic E-state index is 9.82. The van der Waals surface area contributed by atoms with Gasteiger partial charge in [0, 0.05) is 35.8 Å². The summed E-state index contributed by atoms with van der Waals surface area (Å²) in [6.45, 7) is 4.30. The van der Waals surface area contributed by atoms with Crippen LogP contribution in [0.25, 0.3) is 11.3 Å². The molecule has 2 heterocycles. The molecule has 8 heteroatoms. The minimum atomic E-state index is -0.190. The van der Waals surface area contributed by atoms with Gasteiger partial charge in [0.1, 0.15) is 6.07 Å². The number of benzene rings is 1. The highest BCUT2D eigenvalue weighted by molar-refractivity contribution is 5.73. The van der Waals surface area contributed by atoms with E-state index in [1.807, 2.05) is 19.9 Å². The van der Waals surface area contributed by atoms with Gasteiger partial charge in [-0.25, -0.2) is 9.97 Å². The van der Waals surface area contributed by atoms with E-state index in [-0.39, 0.29) is 13.2 Å². The van der Waals surface area contributed by atoms with Gasteiger partial charge in [0.05, 0.1) is 35.9 Å². The van der Waals surface area contributed by atoms with Crippen molar-refractivity contribution in [2.75, 3.05) is 17.2 Å². The molecule has 2 aromatic heterocycles. The Labute approximate surface area is 175 Å². The molecule has 4 N–H and O–H groups in total. The summed E-state index contributed by atoms with van der Waals surface area (Å²) in [7, 11) is 0. The van der Waals surface area contributed by atoms with Crippen LogP contribution in [0.15, 0.2) is 36.7 Å². The van der Waals surface area contributed by atoms with Crippen LogP contribution in [0.2, 0.25) is 0 Å². The molecule has 1 aromatic carbocycles. The molecule has 30 heavy (non-hydrogen) atoms. The predicted molar refractivity (Wildman–Crippen MR) is 115 cm³/mol. The fraction of sp³-hybridized carbons (Fsp3) is 0.273. The van der Waals surface area contributed by atoms with Crippen LogP contribution in [0.4, 0.5) is 17.3 Å². The van der Waals surface area contributed by atoms with Crippen molar-refractivity contribution < 1.29 is 10.2 Å². The van der Waals surface area contributed by atoms with E-state index in [4.69, 9.17) is 0 Å². The first-order chi connectivity index (χ1) is 14.6. The van der Waals surface area contributed by atoms with Crippen LogP contribution in [-0.4, -0.2) is 31.7 Å². The second kappa shape index (κ2) is 9.78. The van der Waals surface area contributed by atoms with Crippen LogP contribution in [0.5, 0.6) is 0 Å². The van der Waals surface area contributed by atoms with E-state index < -0.39 is 0 Å². The molecule has 0 aliphatic rings. The molecule has 8 nitrogen and oxygen atoms in total. The average Bonchev–Trinajstić information content (AvgIpc) is 2.78. The van der Waals surface area contributed by atoms with Crippen molar-refractivity contribution in [3.8, 4) is 17.3 Å². The van der Waals surface area contributed by atoms with Gasteiger partial charge in [0.25, 0.3) is 0 Å². The molecular formula is C22H24N6O2. The van der Waals surface area contributed by atoms with E-state index in [2.05, 4.69) is 31.7 Å². The van der Waals surface area contributed by atoms with Crippen LogP contribution in [0.3, 0.4) is 0 Å². The number of rotatable bonds is 8. The lowest BCUT2D eigenvalue weighted by molar-refractivity contribution is 0.277. The predicted octanol–water partition coefficient (Wildman–Crippen LogP) is 3.27. The summed E-state index contributed by atoms with van der Waals surface area (Å²) >= 11 is 0. The number of aromatic nitrogens is 3. The lowest BCUT2D eigenvalue weighted by Gasteiger charge is -2.14. The number of hydrogen-bond acceptors (Lipinski definition) is 8. The number of aliphatic hydroxyl groups is 2. The molecule has 0 saturated carbocycles. The first kappa shape index (κ1) is 21.2. The minimum Gasteiger partial charge on any atom is -0.392 e. The lowest BCUT2D eigenvalue weighted by atomic mass is 10.0. The standard InChI is InChI=1S/C22H24N6O2/c1-3-5-24-21-16(10-23)7-15(8-17(21)12-29)19-4-6-25-22(27-19)28-20-9-18(13-30)26-11-14(20)2/h4,6-9,11,24,29-30H,3,5,12-13H2,1-2H3,(H,25,26,27,28). The monoisotopic (exact) mass is 404 g/mol. The Morgan fingerprint density at radius 2 is 1.97 bits per heavy atom. The fourth-order valence-corrected chi connectivity index (χ4v) is 3.01. The number of nitriles is 1. The van der Waals surface area contributed by atoms with Gasteiger partial charge in [0.15, 0.2) is 0 Å². The zero-order chi connectivity index (χ0) is 21.5. The summed E-state index contributed by atoms with van der Waals surface area (Å²) in [4.78, 5) is 13.0. The number of nitrogens with zero attached hydrogens (tertiary/aromatic N) is 4. The molecule has 0 fully saturated rings. The van der Waals surface area contributed by atoms with Gasteiger partial charge >= 0.3 is 0 Å². The molecule has 0 aliphatic carbocycles. The summed E-state index contributed by atoms with van der Waals surface area (Å²) in [6.07, 6.45) is 4.21. The molecule has 0 atom stereocenters. The summed E-state index contributed by atoms with van der Waals surface area (Å²) < 4.78 is 0. The average molecular weight is 404 g/mol. The third-order valence-electron chi connectivity index (χ3n) is 4.58. The Morgan fingerprint density at radius 1 is 1.13 bits per heavy atom. The van der Waals surface area contributed by atoms with Crippen molar-refractivity contribution in [3.63, 3.8) is 0 Å². The van der Waals surface area contributed by atoms with Crippen LogP contribution in [0.1, 0.15) is 35.7 Å². The van der Waals surface area contributed by atoms with Gasteiger partial charge in [-0.3, -0.25) is 4.98 Å². The Hall–Kier alpha value is -3.54. The number of nitrogens with one attached hydrogen (secondary N) is 2. The van der Waals surface area contributed by atoms with Crippen molar-refractivity contribution in [3.05, 3.63) is 59.0 Å². The Kier molecular flexibility index (Phi) is 6.91. The molecule has 3 aromatic rings. The van der Waals surface area contributed by atoms with Crippen LogP contribution in [-0.2, 0) is 13.2 Å². The van der Waals surface area contributed by atoms with Gasteiger partial charge in [-0.15, -0.1) is 0 Å². The number of aliphatic hydroxyl groups excluding tert-OH is 2. The Morgan fingerprint density at radius 3 is 2.67 bits per heavy atom.